The minimum absolute atomic E-state index is 0. The molecule has 1 aromatic heterocycles. The van der Waals surface area contributed by atoms with Gasteiger partial charge in [-0.05, 0) is 38.8 Å². The van der Waals surface area contributed by atoms with E-state index in [2.05, 4.69) is 10.4 Å². The Kier molecular flexibility index (Phi) is 7.60. The molecule has 3 N–H and O–H groups in total. The maximum atomic E-state index is 13.2. The number of benzene rings is 1. The highest BCUT2D eigenvalue weighted by Gasteiger charge is 2.31. The number of amides is 2. The molecule has 0 spiro atoms. The summed E-state index contributed by atoms with van der Waals surface area (Å²) in [4.78, 5) is 27.2. The Balaban J connectivity index is 0.00000280. The van der Waals surface area contributed by atoms with Crippen molar-refractivity contribution in [3.05, 3.63) is 47.3 Å². The fourth-order valence-corrected chi connectivity index (χ4v) is 3.65. The SMILES string of the molecule is Cc1nn(-c2ccccc2)c(C)c1C(=O)N1CCCC(C(=O)NCCN)C1.Cl. The number of nitrogens with zero attached hydrogens (tertiary/aromatic N) is 3. The van der Waals surface area contributed by atoms with Gasteiger partial charge in [-0.25, -0.2) is 4.68 Å². The van der Waals surface area contributed by atoms with Crippen LogP contribution in [-0.4, -0.2) is 52.7 Å². The number of nitrogens with one attached hydrogen (secondary N) is 1. The molecule has 1 saturated heterocycles. The highest BCUT2D eigenvalue weighted by molar-refractivity contribution is 5.97. The van der Waals surface area contributed by atoms with Crippen LogP contribution in [0.25, 0.3) is 5.69 Å². The monoisotopic (exact) mass is 405 g/mol. The highest BCUT2D eigenvalue weighted by Crippen LogP contribution is 2.23. The van der Waals surface area contributed by atoms with Crippen LogP contribution < -0.4 is 11.1 Å². The second kappa shape index (κ2) is 9.71. The molecule has 7 nitrogen and oxygen atoms in total. The number of halogens is 1. The predicted molar refractivity (Wildman–Crippen MR) is 111 cm³/mol. The van der Waals surface area contributed by atoms with Crippen LogP contribution in [0.15, 0.2) is 30.3 Å². The van der Waals surface area contributed by atoms with Crippen LogP contribution in [0, 0.1) is 19.8 Å². The number of likely N-dealkylation sites (tertiary alicyclic amines) is 1. The number of aryl methyl sites for hydroxylation is 1. The number of piperidine rings is 1. The van der Waals surface area contributed by atoms with Crippen LogP contribution in [0.3, 0.4) is 0 Å². The molecule has 1 aliphatic rings. The molecule has 0 aliphatic carbocycles. The quantitative estimate of drug-likeness (QED) is 0.793. The molecule has 1 atom stereocenters. The second-order valence-corrected chi connectivity index (χ2v) is 6.96. The van der Waals surface area contributed by atoms with E-state index in [-0.39, 0.29) is 30.1 Å². The molecule has 0 bridgehead atoms. The zero-order chi connectivity index (χ0) is 19.4. The molecule has 0 radical (unpaired) electrons. The number of rotatable bonds is 5. The first kappa shape index (κ1) is 21.9. The lowest BCUT2D eigenvalue weighted by atomic mass is 9.96. The first-order valence-corrected chi connectivity index (χ1v) is 9.41. The highest BCUT2D eigenvalue weighted by atomic mass is 35.5. The summed E-state index contributed by atoms with van der Waals surface area (Å²) in [5.41, 5.74) is 8.53. The van der Waals surface area contributed by atoms with E-state index in [4.69, 9.17) is 5.73 Å². The summed E-state index contributed by atoms with van der Waals surface area (Å²) in [6, 6.07) is 9.77. The fraction of sp³-hybridized carbons (Fsp3) is 0.450. The standard InChI is InChI=1S/C20H27N5O2.ClH/c1-14-18(15(2)25(23-14)17-8-4-3-5-9-17)20(27)24-12-6-7-16(13-24)19(26)22-11-10-21;/h3-5,8-9,16H,6-7,10-13,21H2,1-2H3,(H,22,26);1H. The van der Waals surface area contributed by atoms with Crippen LogP contribution in [0.4, 0.5) is 0 Å². The van der Waals surface area contributed by atoms with Crippen LogP contribution in [0.1, 0.15) is 34.6 Å². The Hall–Kier alpha value is -2.38. The van der Waals surface area contributed by atoms with E-state index in [1.54, 1.807) is 9.58 Å². The first-order valence-electron chi connectivity index (χ1n) is 9.41. The molecular weight excluding hydrogens is 378 g/mol. The molecule has 2 aromatic rings. The third-order valence-electron chi connectivity index (χ3n) is 5.03. The minimum atomic E-state index is -0.181. The van der Waals surface area contributed by atoms with E-state index in [9.17, 15) is 9.59 Å². The number of carbonyl (C=O) groups is 2. The van der Waals surface area contributed by atoms with E-state index >= 15 is 0 Å². The summed E-state index contributed by atoms with van der Waals surface area (Å²) in [6.45, 7) is 5.74. The zero-order valence-corrected chi connectivity index (χ0v) is 17.2. The topological polar surface area (TPSA) is 93.2 Å². The number of hydrogen-bond donors (Lipinski definition) is 2. The summed E-state index contributed by atoms with van der Waals surface area (Å²) in [5.74, 6) is -0.256. The Bertz CT molecular complexity index is 822. The summed E-state index contributed by atoms with van der Waals surface area (Å²) in [5, 5.41) is 7.40. The van der Waals surface area contributed by atoms with Gasteiger partial charge in [-0.1, -0.05) is 18.2 Å². The van der Waals surface area contributed by atoms with Crippen LogP contribution in [-0.2, 0) is 4.79 Å². The van der Waals surface area contributed by atoms with E-state index in [1.807, 2.05) is 44.2 Å². The second-order valence-electron chi connectivity index (χ2n) is 6.96. The lowest BCUT2D eigenvalue weighted by molar-refractivity contribution is -0.126. The molecular formula is C20H28ClN5O2. The predicted octanol–water partition coefficient (Wildman–Crippen LogP) is 1.84. The van der Waals surface area contributed by atoms with Gasteiger partial charge in [-0.15, -0.1) is 12.4 Å². The molecule has 2 amide bonds. The van der Waals surface area contributed by atoms with E-state index in [0.29, 0.717) is 37.4 Å². The van der Waals surface area contributed by atoms with Crippen LogP contribution in [0.2, 0.25) is 0 Å². The van der Waals surface area contributed by atoms with Crippen molar-refractivity contribution in [3.8, 4) is 5.69 Å². The maximum Gasteiger partial charge on any atom is 0.257 e. The van der Waals surface area contributed by atoms with E-state index < -0.39 is 0 Å². The maximum absolute atomic E-state index is 13.2. The molecule has 1 fully saturated rings. The number of para-hydroxylation sites is 1. The Labute approximate surface area is 171 Å². The Morgan fingerprint density at radius 2 is 1.96 bits per heavy atom. The van der Waals surface area contributed by atoms with Crippen molar-refractivity contribution in [3.63, 3.8) is 0 Å². The van der Waals surface area contributed by atoms with Gasteiger partial charge in [0, 0.05) is 26.2 Å². The molecule has 1 unspecified atom stereocenters. The number of hydrogen-bond acceptors (Lipinski definition) is 4. The smallest absolute Gasteiger partial charge is 0.257 e. The molecule has 1 aromatic carbocycles. The van der Waals surface area contributed by atoms with Gasteiger partial charge in [0.25, 0.3) is 5.91 Å². The van der Waals surface area contributed by atoms with Crippen LogP contribution >= 0.6 is 12.4 Å². The van der Waals surface area contributed by atoms with Gasteiger partial charge in [0.05, 0.1) is 28.6 Å². The number of carbonyl (C=O) groups excluding carboxylic acids is 2. The van der Waals surface area contributed by atoms with Gasteiger partial charge in [0.2, 0.25) is 5.91 Å². The molecule has 1 aliphatic heterocycles. The lowest BCUT2D eigenvalue weighted by Crippen LogP contribution is -2.46. The molecule has 28 heavy (non-hydrogen) atoms. The molecule has 2 heterocycles. The van der Waals surface area contributed by atoms with Gasteiger partial charge in [-0.3, -0.25) is 9.59 Å². The normalized spacial score (nSPS) is 16.4. The Morgan fingerprint density at radius 3 is 2.64 bits per heavy atom. The molecule has 152 valence electrons. The number of aromatic nitrogens is 2. The minimum Gasteiger partial charge on any atom is -0.355 e. The summed E-state index contributed by atoms with van der Waals surface area (Å²) in [6.07, 6.45) is 1.61. The summed E-state index contributed by atoms with van der Waals surface area (Å²) in [7, 11) is 0. The van der Waals surface area contributed by atoms with Crippen molar-refractivity contribution in [2.45, 2.75) is 26.7 Å². The molecule has 3 rings (SSSR count). The fourth-order valence-electron chi connectivity index (χ4n) is 3.65. The largest absolute Gasteiger partial charge is 0.355 e. The Morgan fingerprint density at radius 1 is 1.25 bits per heavy atom. The third kappa shape index (κ3) is 4.54. The van der Waals surface area contributed by atoms with Gasteiger partial charge < -0.3 is 16.0 Å². The molecule has 0 saturated carbocycles. The molecule has 8 heteroatoms. The van der Waals surface area contributed by atoms with Crippen molar-refractivity contribution in [1.29, 1.82) is 0 Å². The number of nitrogens with two attached hydrogens (primary N) is 1. The summed E-state index contributed by atoms with van der Waals surface area (Å²) >= 11 is 0. The van der Waals surface area contributed by atoms with Gasteiger partial charge in [0.15, 0.2) is 0 Å². The van der Waals surface area contributed by atoms with Crippen molar-refractivity contribution in [1.82, 2.24) is 20.0 Å². The van der Waals surface area contributed by atoms with Crippen molar-refractivity contribution < 1.29 is 9.59 Å². The van der Waals surface area contributed by atoms with Crippen molar-refractivity contribution in [2.24, 2.45) is 11.7 Å². The van der Waals surface area contributed by atoms with Crippen LogP contribution in [0.5, 0.6) is 0 Å². The first-order chi connectivity index (χ1) is 13.0. The van der Waals surface area contributed by atoms with Gasteiger partial charge in [-0.2, -0.15) is 5.10 Å². The van der Waals surface area contributed by atoms with Crippen molar-refractivity contribution >= 4 is 24.2 Å². The van der Waals surface area contributed by atoms with Gasteiger partial charge in [0.1, 0.15) is 0 Å². The average Bonchev–Trinajstić information content (AvgIpc) is 3.00. The van der Waals surface area contributed by atoms with E-state index in [0.717, 1.165) is 24.2 Å². The third-order valence-corrected chi connectivity index (χ3v) is 5.03. The average molecular weight is 406 g/mol. The summed E-state index contributed by atoms with van der Waals surface area (Å²) < 4.78 is 1.80. The lowest BCUT2D eigenvalue weighted by Gasteiger charge is -2.32. The van der Waals surface area contributed by atoms with Crippen molar-refractivity contribution in [2.75, 3.05) is 26.2 Å². The van der Waals surface area contributed by atoms with E-state index in [1.165, 1.54) is 0 Å². The van der Waals surface area contributed by atoms with Gasteiger partial charge >= 0.3 is 0 Å². The zero-order valence-electron chi connectivity index (χ0n) is 16.4.